The van der Waals surface area contributed by atoms with Gasteiger partial charge in [-0.3, -0.25) is 4.98 Å². The first-order valence-corrected chi connectivity index (χ1v) is 7.97. The maximum Gasteiger partial charge on any atom is 0.191 e. The number of nitrogens with one attached hydrogen (secondary N) is 2. The number of thioether (sulfide) groups is 1. The van der Waals surface area contributed by atoms with Crippen LogP contribution in [0.3, 0.4) is 0 Å². The van der Waals surface area contributed by atoms with Crippen molar-refractivity contribution in [3.05, 3.63) is 30.1 Å². The summed E-state index contributed by atoms with van der Waals surface area (Å²) in [5.74, 6) is 2.19. The number of hydrogen-bond acceptors (Lipinski definition) is 3. The van der Waals surface area contributed by atoms with Crippen molar-refractivity contribution in [3.8, 4) is 0 Å². The second-order valence-electron chi connectivity index (χ2n) is 4.53. The van der Waals surface area contributed by atoms with Gasteiger partial charge in [0.15, 0.2) is 5.96 Å². The van der Waals surface area contributed by atoms with Crippen LogP contribution in [0.15, 0.2) is 29.4 Å². The summed E-state index contributed by atoms with van der Waals surface area (Å²) in [5.41, 5.74) is 0.995. The molecule has 0 amide bonds. The minimum atomic E-state index is 0. The van der Waals surface area contributed by atoms with Crippen LogP contribution >= 0.6 is 35.7 Å². The summed E-state index contributed by atoms with van der Waals surface area (Å²) in [5, 5.41) is 7.44. The number of hydrogen-bond donors (Lipinski definition) is 2. The Morgan fingerprint density at radius 1 is 1.45 bits per heavy atom. The van der Waals surface area contributed by atoms with Crippen LogP contribution in [0.2, 0.25) is 0 Å². The summed E-state index contributed by atoms with van der Waals surface area (Å²) >= 11 is 2.06. The Balaban J connectivity index is 0.00000200. The smallest absolute Gasteiger partial charge is 0.191 e. The molecule has 0 aromatic carbocycles. The third kappa shape index (κ3) is 6.30. The first kappa shape index (κ1) is 17.6. The molecule has 4 nitrogen and oxygen atoms in total. The fourth-order valence-corrected chi connectivity index (χ4v) is 3.21. The summed E-state index contributed by atoms with van der Waals surface area (Å²) in [4.78, 5) is 8.85. The Hall–Kier alpha value is -0.500. The molecule has 112 valence electrons. The Morgan fingerprint density at radius 2 is 2.35 bits per heavy atom. The number of nitrogens with zero attached hydrogens (tertiary/aromatic N) is 2. The number of guanidine groups is 1. The van der Waals surface area contributed by atoms with Crippen LogP contribution in [-0.2, 0) is 6.54 Å². The Bertz CT molecular complexity index is 393. The Morgan fingerprint density at radius 3 is 3.00 bits per heavy atom. The molecule has 20 heavy (non-hydrogen) atoms. The van der Waals surface area contributed by atoms with E-state index in [2.05, 4.69) is 39.3 Å². The molecule has 1 saturated heterocycles. The van der Waals surface area contributed by atoms with Gasteiger partial charge >= 0.3 is 0 Å². The van der Waals surface area contributed by atoms with Gasteiger partial charge in [0.1, 0.15) is 0 Å². The van der Waals surface area contributed by atoms with E-state index in [1.807, 2.05) is 18.2 Å². The molecule has 2 N–H and O–H groups in total. The topological polar surface area (TPSA) is 49.3 Å². The van der Waals surface area contributed by atoms with Crippen molar-refractivity contribution in [1.82, 2.24) is 15.6 Å². The van der Waals surface area contributed by atoms with Crippen LogP contribution in [0.1, 0.15) is 25.5 Å². The van der Waals surface area contributed by atoms with Gasteiger partial charge in [-0.1, -0.05) is 6.07 Å². The third-order valence-corrected chi connectivity index (χ3v) is 4.39. The van der Waals surface area contributed by atoms with E-state index in [4.69, 9.17) is 0 Å². The van der Waals surface area contributed by atoms with E-state index < -0.39 is 0 Å². The molecule has 0 aliphatic carbocycles. The highest BCUT2D eigenvalue weighted by Gasteiger charge is 2.15. The number of aromatic nitrogens is 1. The van der Waals surface area contributed by atoms with Crippen molar-refractivity contribution in [2.45, 2.75) is 31.6 Å². The minimum Gasteiger partial charge on any atom is -0.357 e. The zero-order valence-electron chi connectivity index (χ0n) is 11.8. The SMILES string of the molecule is CCNC(=NCc1ccccn1)NCC1CCCS1.I. The van der Waals surface area contributed by atoms with E-state index in [1.54, 1.807) is 6.20 Å². The Kier molecular flexibility index (Phi) is 9.00. The predicted molar refractivity (Wildman–Crippen MR) is 98.0 cm³/mol. The molecule has 0 saturated carbocycles. The molecular formula is C14H23IN4S. The lowest BCUT2D eigenvalue weighted by atomic mass is 10.2. The maximum absolute atomic E-state index is 4.57. The molecule has 1 aliphatic rings. The summed E-state index contributed by atoms with van der Waals surface area (Å²) in [6, 6.07) is 5.92. The lowest BCUT2D eigenvalue weighted by Crippen LogP contribution is -2.40. The van der Waals surface area contributed by atoms with E-state index in [0.29, 0.717) is 6.54 Å². The fourth-order valence-electron chi connectivity index (χ4n) is 2.01. The van der Waals surface area contributed by atoms with Gasteiger partial charge in [0.05, 0.1) is 12.2 Å². The average Bonchev–Trinajstić information content (AvgIpc) is 2.96. The second-order valence-corrected chi connectivity index (χ2v) is 5.94. The van der Waals surface area contributed by atoms with Crippen LogP contribution in [-0.4, -0.2) is 35.0 Å². The van der Waals surface area contributed by atoms with Crippen molar-refractivity contribution in [2.75, 3.05) is 18.8 Å². The van der Waals surface area contributed by atoms with E-state index in [0.717, 1.165) is 30.0 Å². The standard InChI is InChI=1S/C14H22N4S.HI/c1-2-15-14(18-11-13-7-5-9-19-13)17-10-12-6-3-4-8-16-12;/h3-4,6,8,13H,2,5,7,9-11H2,1H3,(H2,15,17,18);1H. The molecule has 1 fully saturated rings. The molecule has 0 spiro atoms. The molecule has 1 aromatic rings. The Labute approximate surface area is 142 Å². The highest BCUT2D eigenvalue weighted by molar-refractivity contribution is 14.0. The third-order valence-electron chi connectivity index (χ3n) is 2.99. The maximum atomic E-state index is 4.57. The first-order valence-electron chi connectivity index (χ1n) is 6.92. The van der Waals surface area contributed by atoms with Gasteiger partial charge in [0.2, 0.25) is 0 Å². The summed E-state index contributed by atoms with van der Waals surface area (Å²) in [7, 11) is 0. The van der Waals surface area contributed by atoms with Gasteiger partial charge < -0.3 is 10.6 Å². The quantitative estimate of drug-likeness (QED) is 0.449. The van der Waals surface area contributed by atoms with Crippen LogP contribution in [0, 0.1) is 0 Å². The monoisotopic (exact) mass is 406 g/mol. The molecule has 2 rings (SSSR count). The molecule has 1 unspecified atom stereocenters. The van der Waals surface area contributed by atoms with Crippen molar-refractivity contribution in [2.24, 2.45) is 4.99 Å². The molecule has 0 bridgehead atoms. The summed E-state index contributed by atoms with van der Waals surface area (Å²) < 4.78 is 0. The average molecular weight is 406 g/mol. The molecule has 0 radical (unpaired) electrons. The lowest BCUT2D eigenvalue weighted by molar-refractivity contribution is 0.726. The number of halogens is 1. The van der Waals surface area contributed by atoms with Crippen LogP contribution in [0.25, 0.3) is 0 Å². The largest absolute Gasteiger partial charge is 0.357 e. The minimum absolute atomic E-state index is 0. The van der Waals surface area contributed by atoms with Crippen molar-refractivity contribution in [1.29, 1.82) is 0 Å². The lowest BCUT2D eigenvalue weighted by Gasteiger charge is -2.14. The first-order chi connectivity index (χ1) is 9.38. The molecule has 1 aromatic heterocycles. The van der Waals surface area contributed by atoms with E-state index >= 15 is 0 Å². The van der Waals surface area contributed by atoms with Crippen molar-refractivity contribution < 1.29 is 0 Å². The fraction of sp³-hybridized carbons (Fsp3) is 0.571. The number of aliphatic imine (C=N–C) groups is 1. The van der Waals surface area contributed by atoms with Gasteiger partial charge in [-0.15, -0.1) is 24.0 Å². The van der Waals surface area contributed by atoms with E-state index in [1.165, 1.54) is 18.6 Å². The van der Waals surface area contributed by atoms with E-state index in [9.17, 15) is 0 Å². The van der Waals surface area contributed by atoms with Gasteiger partial charge in [-0.05, 0) is 37.7 Å². The molecule has 6 heteroatoms. The molecule has 2 heterocycles. The summed E-state index contributed by atoms with van der Waals surface area (Å²) in [6.07, 6.45) is 4.47. The van der Waals surface area contributed by atoms with Gasteiger partial charge in [0.25, 0.3) is 0 Å². The second kappa shape index (κ2) is 10.3. The van der Waals surface area contributed by atoms with Crippen molar-refractivity contribution in [3.63, 3.8) is 0 Å². The van der Waals surface area contributed by atoms with Crippen LogP contribution in [0.4, 0.5) is 0 Å². The predicted octanol–water partition coefficient (Wildman–Crippen LogP) is 2.65. The van der Waals surface area contributed by atoms with E-state index in [-0.39, 0.29) is 24.0 Å². The zero-order valence-corrected chi connectivity index (χ0v) is 15.0. The van der Waals surface area contributed by atoms with Gasteiger partial charge in [0, 0.05) is 24.5 Å². The van der Waals surface area contributed by atoms with Gasteiger partial charge in [-0.25, -0.2) is 4.99 Å². The molecule has 1 aliphatic heterocycles. The molecular weight excluding hydrogens is 383 g/mol. The number of pyridine rings is 1. The summed E-state index contributed by atoms with van der Waals surface area (Å²) in [6.45, 7) is 4.58. The van der Waals surface area contributed by atoms with Gasteiger partial charge in [-0.2, -0.15) is 11.8 Å². The normalized spacial score (nSPS) is 18.4. The highest BCUT2D eigenvalue weighted by atomic mass is 127. The van der Waals surface area contributed by atoms with Crippen LogP contribution in [0.5, 0.6) is 0 Å². The van der Waals surface area contributed by atoms with Crippen LogP contribution < -0.4 is 10.6 Å². The highest BCUT2D eigenvalue weighted by Crippen LogP contribution is 2.25. The zero-order chi connectivity index (χ0) is 13.3. The number of rotatable bonds is 5. The van der Waals surface area contributed by atoms with Crippen molar-refractivity contribution >= 4 is 41.7 Å². The molecule has 1 atom stereocenters.